The molecule has 0 spiro atoms. The van der Waals surface area contributed by atoms with Gasteiger partial charge in [0.2, 0.25) is 5.95 Å². The first kappa shape index (κ1) is 19.9. The summed E-state index contributed by atoms with van der Waals surface area (Å²) in [5, 5.41) is 11.6. The molecule has 0 saturated heterocycles. The number of aryl methyl sites for hydroxylation is 1. The fraction of sp³-hybridized carbons (Fsp3) is 0.105. The van der Waals surface area contributed by atoms with E-state index >= 15 is 0 Å². The van der Waals surface area contributed by atoms with E-state index in [1.54, 1.807) is 25.1 Å². The molecule has 29 heavy (non-hydrogen) atoms. The lowest BCUT2D eigenvalue weighted by Gasteiger charge is -2.12. The maximum Gasteiger partial charge on any atom is 0.511 e. The van der Waals surface area contributed by atoms with Gasteiger partial charge in [-0.3, -0.25) is 0 Å². The number of benzene rings is 2. The Morgan fingerprint density at radius 2 is 1.90 bits per heavy atom. The third kappa shape index (κ3) is 4.92. The van der Waals surface area contributed by atoms with E-state index in [2.05, 4.69) is 20.0 Å². The summed E-state index contributed by atoms with van der Waals surface area (Å²) in [6.45, 7) is 1.80. The van der Waals surface area contributed by atoms with Crippen molar-refractivity contribution >= 4 is 23.5 Å². The first-order chi connectivity index (χ1) is 13.6. The smallest absolute Gasteiger partial charge is 0.449 e. The number of ether oxygens (including phenoxy) is 1. The van der Waals surface area contributed by atoms with Gasteiger partial charge in [-0.15, -0.1) is 0 Å². The SMILES string of the molecule is Cc1cc(Nc2nccc(C(F)(F)F)n2)cc(-c2ccc(N)c(OC(=O)O)c2)c1. The Kier molecular flexibility index (Phi) is 5.26. The molecule has 0 saturated carbocycles. The highest BCUT2D eigenvalue weighted by Gasteiger charge is 2.32. The van der Waals surface area contributed by atoms with E-state index in [1.807, 2.05) is 6.07 Å². The summed E-state index contributed by atoms with van der Waals surface area (Å²) in [5.41, 5.74) is 7.33. The maximum atomic E-state index is 12.8. The molecule has 4 N–H and O–H groups in total. The Morgan fingerprint density at radius 1 is 1.14 bits per heavy atom. The third-order valence-electron chi connectivity index (χ3n) is 3.82. The number of hydrogen-bond donors (Lipinski definition) is 3. The molecule has 150 valence electrons. The van der Waals surface area contributed by atoms with Crippen LogP contribution in [-0.4, -0.2) is 21.2 Å². The molecule has 0 bridgehead atoms. The predicted molar refractivity (Wildman–Crippen MR) is 100.0 cm³/mol. The molecule has 3 aromatic rings. The number of hydrogen-bond acceptors (Lipinski definition) is 6. The molecule has 0 aliphatic carbocycles. The van der Waals surface area contributed by atoms with Crippen LogP contribution in [0.3, 0.4) is 0 Å². The molecule has 2 aromatic carbocycles. The van der Waals surface area contributed by atoms with Crippen molar-refractivity contribution in [2.75, 3.05) is 11.1 Å². The van der Waals surface area contributed by atoms with Crippen molar-refractivity contribution in [3.05, 3.63) is 59.9 Å². The molecule has 0 fully saturated rings. The molecule has 0 atom stereocenters. The monoisotopic (exact) mass is 404 g/mol. The predicted octanol–water partition coefficient (Wildman–Crippen LogP) is 4.85. The molecule has 0 radical (unpaired) electrons. The average Bonchev–Trinajstić information content (AvgIpc) is 2.62. The molecule has 1 aromatic heterocycles. The van der Waals surface area contributed by atoms with Crippen LogP contribution in [0.15, 0.2) is 48.7 Å². The zero-order valence-electron chi connectivity index (χ0n) is 15.0. The van der Waals surface area contributed by atoms with E-state index < -0.39 is 18.0 Å². The second-order valence-electron chi connectivity index (χ2n) is 6.10. The van der Waals surface area contributed by atoms with Crippen LogP contribution in [0.25, 0.3) is 11.1 Å². The van der Waals surface area contributed by atoms with Gasteiger partial charge in [0.25, 0.3) is 0 Å². The average molecular weight is 404 g/mol. The zero-order valence-corrected chi connectivity index (χ0v) is 15.0. The molecule has 3 rings (SSSR count). The highest BCUT2D eigenvalue weighted by atomic mass is 19.4. The van der Waals surface area contributed by atoms with E-state index in [-0.39, 0.29) is 17.4 Å². The van der Waals surface area contributed by atoms with E-state index in [1.165, 1.54) is 12.1 Å². The number of halogens is 3. The Balaban J connectivity index is 1.94. The van der Waals surface area contributed by atoms with Crippen molar-refractivity contribution in [3.63, 3.8) is 0 Å². The summed E-state index contributed by atoms with van der Waals surface area (Å²) >= 11 is 0. The Labute approximate surface area is 163 Å². The van der Waals surface area contributed by atoms with Gasteiger partial charge >= 0.3 is 12.3 Å². The number of carboxylic acid groups (broad SMARTS) is 1. The van der Waals surface area contributed by atoms with Crippen LogP contribution in [-0.2, 0) is 6.18 Å². The van der Waals surface area contributed by atoms with E-state index in [9.17, 15) is 18.0 Å². The summed E-state index contributed by atoms with van der Waals surface area (Å²) in [6.07, 6.45) is -5.06. The second-order valence-corrected chi connectivity index (χ2v) is 6.10. The Hall–Kier alpha value is -3.82. The van der Waals surface area contributed by atoms with Crippen molar-refractivity contribution < 1.29 is 27.8 Å². The molecular weight excluding hydrogens is 389 g/mol. The fourth-order valence-electron chi connectivity index (χ4n) is 2.62. The maximum absolute atomic E-state index is 12.8. The number of anilines is 3. The molecule has 0 unspecified atom stereocenters. The first-order valence-electron chi connectivity index (χ1n) is 8.21. The van der Waals surface area contributed by atoms with Crippen LogP contribution in [0.2, 0.25) is 0 Å². The van der Waals surface area contributed by atoms with Gasteiger partial charge in [0, 0.05) is 11.9 Å². The largest absolute Gasteiger partial charge is 0.511 e. The summed E-state index contributed by atoms with van der Waals surface area (Å²) < 4.78 is 43.2. The van der Waals surface area contributed by atoms with E-state index in [0.717, 1.165) is 17.8 Å². The molecular formula is C19H15F3N4O3. The van der Waals surface area contributed by atoms with Gasteiger partial charge in [0.15, 0.2) is 5.75 Å². The second kappa shape index (κ2) is 7.66. The normalized spacial score (nSPS) is 11.2. The molecule has 0 aliphatic rings. The van der Waals surface area contributed by atoms with Crippen molar-refractivity contribution in [2.45, 2.75) is 13.1 Å². The third-order valence-corrected chi connectivity index (χ3v) is 3.82. The topological polar surface area (TPSA) is 110 Å². The first-order valence-corrected chi connectivity index (χ1v) is 8.21. The minimum atomic E-state index is -4.58. The van der Waals surface area contributed by atoms with Gasteiger partial charge < -0.3 is 20.9 Å². The number of alkyl halides is 3. The van der Waals surface area contributed by atoms with Gasteiger partial charge in [0.1, 0.15) is 5.69 Å². The number of nitrogen functional groups attached to an aromatic ring is 1. The number of nitrogens with two attached hydrogens (primary N) is 1. The van der Waals surface area contributed by atoms with Crippen LogP contribution in [0, 0.1) is 6.92 Å². The lowest BCUT2D eigenvalue weighted by atomic mass is 10.0. The zero-order chi connectivity index (χ0) is 21.2. The summed E-state index contributed by atoms with van der Waals surface area (Å²) in [6, 6.07) is 10.6. The fourth-order valence-corrected chi connectivity index (χ4v) is 2.62. The number of nitrogens with zero attached hydrogens (tertiary/aromatic N) is 2. The highest BCUT2D eigenvalue weighted by molar-refractivity contribution is 5.76. The quantitative estimate of drug-likeness (QED) is 0.324. The van der Waals surface area contributed by atoms with Crippen molar-refractivity contribution in [1.82, 2.24) is 9.97 Å². The van der Waals surface area contributed by atoms with Gasteiger partial charge in [-0.05, 0) is 53.9 Å². The van der Waals surface area contributed by atoms with E-state index in [4.69, 9.17) is 10.8 Å². The minimum absolute atomic E-state index is 0.0211. The highest BCUT2D eigenvalue weighted by Crippen LogP contribution is 2.32. The van der Waals surface area contributed by atoms with Crippen molar-refractivity contribution in [2.24, 2.45) is 0 Å². The number of carbonyl (C=O) groups is 1. The molecule has 0 aliphatic heterocycles. The van der Waals surface area contributed by atoms with Gasteiger partial charge in [-0.25, -0.2) is 14.8 Å². The summed E-state index contributed by atoms with van der Waals surface area (Å²) in [5.74, 6) is -0.226. The lowest BCUT2D eigenvalue weighted by molar-refractivity contribution is -0.141. The van der Waals surface area contributed by atoms with Gasteiger partial charge in [0.05, 0.1) is 5.69 Å². The summed E-state index contributed by atoms with van der Waals surface area (Å²) in [4.78, 5) is 18.1. The molecule has 1 heterocycles. The van der Waals surface area contributed by atoms with Crippen LogP contribution in [0.1, 0.15) is 11.3 Å². The Morgan fingerprint density at radius 3 is 2.59 bits per heavy atom. The number of rotatable bonds is 4. The molecule has 10 heteroatoms. The van der Waals surface area contributed by atoms with Crippen LogP contribution in [0.5, 0.6) is 5.75 Å². The van der Waals surface area contributed by atoms with E-state index in [0.29, 0.717) is 16.8 Å². The van der Waals surface area contributed by atoms with Crippen molar-refractivity contribution in [1.29, 1.82) is 0 Å². The molecule has 7 nitrogen and oxygen atoms in total. The van der Waals surface area contributed by atoms with Crippen LogP contribution in [0.4, 0.5) is 35.3 Å². The number of aromatic nitrogens is 2. The van der Waals surface area contributed by atoms with Gasteiger partial charge in [-0.2, -0.15) is 13.2 Å². The Bertz CT molecular complexity index is 1070. The van der Waals surface area contributed by atoms with Crippen molar-refractivity contribution in [3.8, 4) is 16.9 Å². The lowest BCUT2D eigenvalue weighted by Crippen LogP contribution is -2.10. The minimum Gasteiger partial charge on any atom is -0.449 e. The standard InChI is InChI=1S/C19H15F3N4O3/c1-10-6-12(11-2-3-14(23)15(9-11)29-18(27)28)8-13(7-10)25-17-24-5-4-16(26-17)19(20,21)22/h2-9H,23H2,1H3,(H,27,28)(H,24,25,26). The molecule has 0 amide bonds. The summed E-state index contributed by atoms with van der Waals surface area (Å²) in [7, 11) is 0. The van der Waals surface area contributed by atoms with Crippen LogP contribution < -0.4 is 15.8 Å². The van der Waals surface area contributed by atoms with Crippen LogP contribution >= 0.6 is 0 Å². The number of nitrogens with one attached hydrogen (secondary N) is 1. The van der Waals surface area contributed by atoms with Gasteiger partial charge in [-0.1, -0.05) is 12.1 Å².